The third-order valence-corrected chi connectivity index (χ3v) is 4.86. The maximum absolute atomic E-state index is 14.0. The number of aromatic nitrogens is 2. The molecule has 0 bridgehead atoms. The molecule has 2 heterocycles. The van der Waals surface area contributed by atoms with Crippen LogP contribution in [-0.4, -0.2) is 22.6 Å². The maximum atomic E-state index is 14.0. The lowest BCUT2D eigenvalue weighted by Crippen LogP contribution is -2.46. The standard InChI is InChI=1S/C18H17FN4/c1-11-7-8-23(11)18-21-16-4-2-3-14(16)17(22-18)12-5-6-13(10-20)15(19)9-12/h5-6,9,11H,2-4,7-8H2,1H3/t11-/m0/s1. The number of nitriles is 1. The molecule has 2 aromatic rings. The van der Waals surface area contributed by atoms with Crippen molar-refractivity contribution in [1.29, 1.82) is 5.26 Å². The second kappa shape index (κ2) is 5.31. The molecule has 1 fully saturated rings. The minimum Gasteiger partial charge on any atom is -0.338 e. The third-order valence-electron chi connectivity index (χ3n) is 4.86. The first-order valence-electron chi connectivity index (χ1n) is 8.04. The van der Waals surface area contributed by atoms with Gasteiger partial charge in [-0.2, -0.15) is 5.26 Å². The van der Waals surface area contributed by atoms with Gasteiger partial charge < -0.3 is 4.90 Å². The fourth-order valence-corrected chi connectivity index (χ4v) is 3.35. The molecule has 23 heavy (non-hydrogen) atoms. The number of fused-ring (bicyclic) bond motifs is 1. The van der Waals surface area contributed by atoms with Crippen molar-refractivity contribution in [3.63, 3.8) is 0 Å². The average Bonchev–Trinajstić information content (AvgIpc) is 3.01. The third kappa shape index (κ3) is 2.26. The van der Waals surface area contributed by atoms with Gasteiger partial charge in [0.1, 0.15) is 11.9 Å². The second-order valence-corrected chi connectivity index (χ2v) is 6.29. The van der Waals surface area contributed by atoms with Crippen molar-refractivity contribution in [2.24, 2.45) is 0 Å². The van der Waals surface area contributed by atoms with Gasteiger partial charge in [0.15, 0.2) is 0 Å². The van der Waals surface area contributed by atoms with Crippen molar-refractivity contribution in [3.05, 3.63) is 40.8 Å². The summed E-state index contributed by atoms with van der Waals surface area (Å²) >= 11 is 0. The number of hydrogen-bond acceptors (Lipinski definition) is 4. The normalized spacial score (nSPS) is 19.2. The van der Waals surface area contributed by atoms with Crippen LogP contribution in [0.1, 0.15) is 36.6 Å². The number of aryl methyl sites for hydroxylation is 1. The largest absolute Gasteiger partial charge is 0.338 e. The summed E-state index contributed by atoms with van der Waals surface area (Å²) in [5.41, 5.74) is 3.84. The van der Waals surface area contributed by atoms with E-state index in [1.807, 2.05) is 6.07 Å². The zero-order valence-electron chi connectivity index (χ0n) is 13.0. The fourth-order valence-electron chi connectivity index (χ4n) is 3.35. The van der Waals surface area contributed by atoms with Crippen LogP contribution >= 0.6 is 0 Å². The van der Waals surface area contributed by atoms with Crippen molar-refractivity contribution < 1.29 is 4.39 Å². The first-order valence-corrected chi connectivity index (χ1v) is 8.04. The van der Waals surface area contributed by atoms with Crippen LogP contribution in [0.25, 0.3) is 11.3 Å². The molecule has 4 nitrogen and oxygen atoms in total. The zero-order valence-corrected chi connectivity index (χ0v) is 13.0. The molecule has 1 aliphatic carbocycles. The first kappa shape index (κ1) is 14.1. The topological polar surface area (TPSA) is 52.8 Å². The Kier molecular flexibility index (Phi) is 3.26. The molecule has 0 unspecified atom stereocenters. The smallest absolute Gasteiger partial charge is 0.226 e. The minimum absolute atomic E-state index is 0.0658. The van der Waals surface area contributed by atoms with Gasteiger partial charge in [0.2, 0.25) is 5.95 Å². The van der Waals surface area contributed by atoms with E-state index in [1.54, 1.807) is 6.07 Å². The second-order valence-electron chi connectivity index (χ2n) is 6.29. The van der Waals surface area contributed by atoms with Gasteiger partial charge in [0, 0.05) is 29.4 Å². The monoisotopic (exact) mass is 308 g/mol. The molecule has 0 radical (unpaired) electrons. The van der Waals surface area contributed by atoms with E-state index in [0.717, 1.165) is 60.7 Å². The minimum atomic E-state index is -0.491. The average molecular weight is 308 g/mol. The Morgan fingerprint density at radius 3 is 2.83 bits per heavy atom. The number of benzene rings is 1. The van der Waals surface area contributed by atoms with Gasteiger partial charge in [-0.05, 0) is 44.7 Å². The molecule has 0 amide bonds. The highest BCUT2D eigenvalue weighted by Gasteiger charge is 2.29. The van der Waals surface area contributed by atoms with Gasteiger partial charge in [-0.15, -0.1) is 0 Å². The quantitative estimate of drug-likeness (QED) is 0.854. The van der Waals surface area contributed by atoms with Gasteiger partial charge in [0.05, 0.1) is 11.3 Å². The number of nitrogens with zero attached hydrogens (tertiary/aromatic N) is 4. The van der Waals surface area contributed by atoms with Crippen LogP contribution in [0, 0.1) is 17.1 Å². The van der Waals surface area contributed by atoms with Crippen LogP contribution in [0.4, 0.5) is 10.3 Å². The summed E-state index contributed by atoms with van der Waals surface area (Å²) < 4.78 is 14.0. The predicted molar refractivity (Wildman–Crippen MR) is 85.6 cm³/mol. The van der Waals surface area contributed by atoms with Crippen LogP contribution in [0.3, 0.4) is 0 Å². The molecular weight excluding hydrogens is 291 g/mol. The number of hydrogen-bond donors (Lipinski definition) is 0. The van der Waals surface area contributed by atoms with Crippen LogP contribution in [0.2, 0.25) is 0 Å². The molecule has 1 atom stereocenters. The summed E-state index contributed by atoms with van der Waals surface area (Å²) in [5, 5.41) is 8.90. The van der Waals surface area contributed by atoms with Gasteiger partial charge >= 0.3 is 0 Å². The van der Waals surface area contributed by atoms with E-state index < -0.39 is 5.82 Å². The van der Waals surface area contributed by atoms with E-state index in [9.17, 15) is 4.39 Å². The number of halogens is 1. The van der Waals surface area contributed by atoms with Gasteiger partial charge in [-0.25, -0.2) is 14.4 Å². The first-order chi connectivity index (χ1) is 11.2. The summed E-state index contributed by atoms with van der Waals surface area (Å²) in [4.78, 5) is 11.7. The van der Waals surface area contributed by atoms with Crippen LogP contribution in [0.5, 0.6) is 0 Å². The Bertz CT molecular complexity index is 825. The SMILES string of the molecule is C[C@H]1CCN1c1nc2c(c(-c3ccc(C#N)c(F)c3)n1)CCC2. The molecule has 116 valence electrons. The maximum Gasteiger partial charge on any atom is 0.226 e. The zero-order chi connectivity index (χ0) is 16.0. The van der Waals surface area contributed by atoms with E-state index in [1.165, 1.54) is 12.1 Å². The van der Waals surface area contributed by atoms with Crippen molar-refractivity contribution >= 4 is 5.95 Å². The van der Waals surface area contributed by atoms with Crippen molar-refractivity contribution in [1.82, 2.24) is 9.97 Å². The molecule has 0 spiro atoms. The Labute approximate surface area is 134 Å². The van der Waals surface area contributed by atoms with Crippen molar-refractivity contribution in [2.75, 3.05) is 11.4 Å². The molecule has 1 aromatic heterocycles. The Morgan fingerprint density at radius 1 is 1.30 bits per heavy atom. The predicted octanol–water partition coefficient (Wildman–Crippen LogP) is 3.24. The lowest BCUT2D eigenvalue weighted by atomic mass is 10.0. The Balaban J connectivity index is 1.84. The molecule has 1 aromatic carbocycles. The van der Waals surface area contributed by atoms with E-state index in [-0.39, 0.29) is 5.56 Å². The van der Waals surface area contributed by atoms with Crippen LogP contribution in [-0.2, 0) is 12.8 Å². The van der Waals surface area contributed by atoms with E-state index in [2.05, 4.69) is 11.8 Å². The molecule has 0 saturated carbocycles. The lowest BCUT2D eigenvalue weighted by Gasteiger charge is -2.39. The van der Waals surface area contributed by atoms with Crippen LogP contribution < -0.4 is 4.90 Å². The molecular formula is C18H17FN4. The van der Waals surface area contributed by atoms with Crippen molar-refractivity contribution in [3.8, 4) is 17.3 Å². The number of anilines is 1. The van der Waals surface area contributed by atoms with Gasteiger partial charge in [0.25, 0.3) is 0 Å². The van der Waals surface area contributed by atoms with Gasteiger partial charge in [-0.1, -0.05) is 6.07 Å². The highest BCUT2D eigenvalue weighted by Crippen LogP contribution is 2.34. The highest BCUT2D eigenvalue weighted by atomic mass is 19.1. The fraction of sp³-hybridized carbons (Fsp3) is 0.389. The summed E-state index contributed by atoms with van der Waals surface area (Å²) in [6.07, 6.45) is 4.11. The Hall–Kier alpha value is -2.48. The Morgan fingerprint density at radius 2 is 2.17 bits per heavy atom. The number of rotatable bonds is 2. The summed E-state index contributed by atoms with van der Waals surface area (Å²) in [6, 6.07) is 7.05. The van der Waals surface area contributed by atoms with Crippen molar-refractivity contribution in [2.45, 2.75) is 38.6 Å². The molecule has 5 heteroatoms. The summed E-state index contributed by atoms with van der Waals surface area (Å²) in [7, 11) is 0. The van der Waals surface area contributed by atoms with E-state index >= 15 is 0 Å². The molecule has 1 saturated heterocycles. The summed E-state index contributed by atoms with van der Waals surface area (Å²) in [5.74, 6) is 0.262. The highest BCUT2D eigenvalue weighted by molar-refractivity contribution is 5.67. The molecule has 4 rings (SSSR count). The molecule has 1 aliphatic heterocycles. The summed E-state index contributed by atoms with van der Waals surface area (Å²) in [6.45, 7) is 3.14. The van der Waals surface area contributed by atoms with Crippen LogP contribution in [0.15, 0.2) is 18.2 Å². The molecule has 2 aliphatic rings. The van der Waals surface area contributed by atoms with E-state index in [4.69, 9.17) is 15.2 Å². The van der Waals surface area contributed by atoms with Gasteiger partial charge in [-0.3, -0.25) is 0 Å². The molecule has 0 N–H and O–H groups in total. The lowest BCUT2D eigenvalue weighted by molar-refractivity contribution is 0.470. The van der Waals surface area contributed by atoms with E-state index in [0.29, 0.717) is 6.04 Å².